The summed E-state index contributed by atoms with van der Waals surface area (Å²) in [6.07, 6.45) is 0. The molecule has 7 heteroatoms. The van der Waals surface area contributed by atoms with Crippen molar-refractivity contribution in [1.82, 2.24) is 4.72 Å². The lowest BCUT2D eigenvalue weighted by molar-refractivity contribution is -0.140. The van der Waals surface area contributed by atoms with Crippen molar-refractivity contribution in [2.75, 3.05) is 0 Å². The largest absolute Gasteiger partial charge is 0.480 e. The third-order valence-electron chi connectivity index (χ3n) is 2.50. The van der Waals surface area contributed by atoms with E-state index in [1.165, 1.54) is 11.3 Å². The second-order valence-corrected chi connectivity index (χ2v) is 7.60. The summed E-state index contributed by atoms with van der Waals surface area (Å²) < 4.78 is 26.5. The standard InChI is InChI=1S/C11H17NO4S2/c1-6(2)10(11(13)14)12-18(15,16)9-5-7(3)17-8(9)4/h5-6,10,12H,1-4H3,(H,13,14)/t10-/m1/s1. The van der Waals surface area contributed by atoms with Crippen LogP contribution in [0.1, 0.15) is 23.6 Å². The second-order valence-electron chi connectivity index (χ2n) is 4.46. The molecule has 5 nitrogen and oxygen atoms in total. The summed E-state index contributed by atoms with van der Waals surface area (Å²) in [6.45, 7) is 6.84. The normalized spacial score (nSPS) is 13.8. The SMILES string of the molecule is Cc1cc(S(=O)(=O)N[C@@H](C(=O)O)C(C)C)c(C)s1. The molecular formula is C11H17NO4S2. The predicted octanol–water partition coefficient (Wildman–Crippen LogP) is 1.75. The lowest BCUT2D eigenvalue weighted by Gasteiger charge is -2.17. The molecule has 0 aliphatic heterocycles. The van der Waals surface area contributed by atoms with E-state index in [1.807, 2.05) is 6.92 Å². The van der Waals surface area contributed by atoms with Crippen LogP contribution in [-0.4, -0.2) is 25.5 Å². The van der Waals surface area contributed by atoms with Gasteiger partial charge in [-0.2, -0.15) is 4.72 Å². The molecule has 1 aromatic heterocycles. The molecule has 0 radical (unpaired) electrons. The maximum absolute atomic E-state index is 12.1. The molecule has 1 aromatic rings. The lowest BCUT2D eigenvalue weighted by Crippen LogP contribution is -2.44. The van der Waals surface area contributed by atoms with E-state index < -0.39 is 22.0 Å². The molecule has 0 unspecified atom stereocenters. The Labute approximate surface area is 111 Å². The van der Waals surface area contributed by atoms with Crippen molar-refractivity contribution in [3.05, 3.63) is 15.8 Å². The molecule has 0 aliphatic rings. The summed E-state index contributed by atoms with van der Waals surface area (Å²) in [4.78, 5) is 12.7. The average molecular weight is 291 g/mol. The van der Waals surface area contributed by atoms with Crippen LogP contribution in [0.3, 0.4) is 0 Å². The highest BCUT2D eigenvalue weighted by molar-refractivity contribution is 7.89. The fourth-order valence-corrected chi connectivity index (χ4v) is 4.47. The highest BCUT2D eigenvalue weighted by atomic mass is 32.2. The van der Waals surface area contributed by atoms with Crippen molar-refractivity contribution in [1.29, 1.82) is 0 Å². The number of sulfonamides is 1. The van der Waals surface area contributed by atoms with E-state index in [4.69, 9.17) is 5.11 Å². The van der Waals surface area contributed by atoms with Crippen LogP contribution in [-0.2, 0) is 14.8 Å². The van der Waals surface area contributed by atoms with Gasteiger partial charge in [0.1, 0.15) is 6.04 Å². The third kappa shape index (κ3) is 3.30. The van der Waals surface area contributed by atoms with Gasteiger partial charge in [-0.15, -0.1) is 11.3 Å². The Morgan fingerprint density at radius 2 is 1.94 bits per heavy atom. The van der Waals surface area contributed by atoms with Crippen LogP contribution in [0.4, 0.5) is 0 Å². The van der Waals surface area contributed by atoms with Gasteiger partial charge in [0.25, 0.3) is 0 Å². The molecule has 18 heavy (non-hydrogen) atoms. The Morgan fingerprint density at radius 1 is 1.39 bits per heavy atom. The molecule has 0 aliphatic carbocycles. The first kappa shape index (κ1) is 15.1. The number of hydrogen-bond acceptors (Lipinski definition) is 4. The van der Waals surface area contributed by atoms with E-state index in [0.29, 0.717) is 4.88 Å². The summed E-state index contributed by atoms with van der Waals surface area (Å²) in [6, 6.07) is 0.441. The molecule has 0 saturated carbocycles. The summed E-state index contributed by atoms with van der Waals surface area (Å²) in [5, 5.41) is 9.00. The number of rotatable bonds is 5. The Kier molecular flexibility index (Phi) is 4.52. The number of thiophene rings is 1. The minimum atomic E-state index is -3.78. The van der Waals surface area contributed by atoms with Crippen molar-refractivity contribution < 1.29 is 18.3 Å². The molecule has 0 bridgehead atoms. The molecule has 0 fully saturated rings. The number of carboxylic acid groups (broad SMARTS) is 1. The fourth-order valence-electron chi connectivity index (χ4n) is 1.58. The fraction of sp³-hybridized carbons (Fsp3) is 0.545. The van der Waals surface area contributed by atoms with Crippen LogP contribution >= 0.6 is 11.3 Å². The molecule has 1 heterocycles. The van der Waals surface area contributed by atoms with Crippen LogP contribution in [0.5, 0.6) is 0 Å². The van der Waals surface area contributed by atoms with E-state index in [2.05, 4.69) is 4.72 Å². The zero-order valence-corrected chi connectivity index (χ0v) is 12.4. The summed E-state index contributed by atoms with van der Waals surface area (Å²) in [5.74, 6) is -1.49. The van der Waals surface area contributed by atoms with Gasteiger partial charge in [0, 0.05) is 9.75 Å². The topological polar surface area (TPSA) is 83.5 Å². The van der Waals surface area contributed by atoms with Crippen LogP contribution < -0.4 is 4.72 Å². The molecule has 102 valence electrons. The molecule has 2 N–H and O–H groups in total. The van der Waals surface area contributed by atoms with Gasteiger partial charge in [0.15, 0.2) is 0 Å². The summed E-state index contributed by atoms with van der Waals surface area (Å²) in [5.41, 5.74) is 0. The number of nitrogens with one attached hydrogen (secondary N) is 1. The number of carbonyl (C=O) groups is 1. The molecule has 0 spiro atoms. The number of aryl methyl sites for hydroxylation is 2. The molecule has 0 saturated heterocycles. The van der Waals surface area contributed by atoms with Gasteiger partial charge in [-0.1, -0.05) is 13.8 Å². The minimum Gasteiger partial charge on any atom is -0.480 e. The van der Waals surface area contributed by atoms with Crippen LogP contribution in [0, 0.1) is 19.8 Å². The zero-order valence-electron chi connectivity index (χ0n) is 10.7. The monoisotopic (exact) mass is 291 g/mol. The van der Waals surface area contributed by atoms with E-state index in [-0.39, 0.29) is 10.8 Å². The molecule has 0 aromatic carbocycles. The molecular weight excluding hydrogens is 274 g/mol. The Morgan fingerprint density at radius 3 is 2.28 bits per heavy atom. The smallest absolute Gasteiger partial charge is 0.322 e. The Hall–Kier alpha value is -0.920. The van der Waals surface area contributed by atoms with Crippen molar-refractivity contribution in [2.24, 2.45) is 5.92 Å². The quantitative estimate of drug-likeness (QED) is 0.865. The van der Waals surface area contributed by atoms with Crippen molar-refractivity contribution in [2.45, 2.75) is 38.6 Å². The van der Waals surface area contributed by atoms with Gasteiger partial charge in [0.05, 0.1) is 4.90 Å². The van der Waals surface area contributed by atoms with Crippen molar-refractivity contribution in [3.63, 3.8) is 0 Å². The van der Waals surface area contributed by atoms with Gasteiger partial charge in [-0.05, 0) is 25.8 Å². The second kappa shape index (κ2) is 5.38. The summed E-state index contributed by atoms with van der Waals surface area (Å²) in [7, 11) is -3.78. The van der Waals surface area contributed by atoms with Gasteiger partial charge >= 0.3 is 5.97 Å². The van der Waals surface area contributed by atoms with Crippen LogP contribution in [0.15, 0.2) is 11.0 Å². The molecule has 1 atom stereocenters. The Balaban J connectivity index is 3.08. The first-order valence-electron chi connectivity index (χ1n) is 5.47. The molecule has 1 rings (SSSR count). The van der Waals surface area contributed by atoms with Crippen molar-refractivity contribution >= 4 is 27.3 Å². The zero-order chi connectivity index (χ0) is 14.1. The van der Waals surface area contributed by atoms with Crippen molar-refractivity contribution in [3.8, 4) is 0 Å². The van der Waals surface area contributed by atoms with E-state index in [1.54, 1.807) is 26.8 Å². The van der Waals surface area contributed by atoms with Gasteiger partial charge in [-0.3, -0.25) is 4.79 Å². The average Bonchev–Trinajstić information content (AvgIpc) is 2.54. The van der Waals surface area contributed by atoms with E-state index in [0.717, 1.165) is 4.88 Å². The first-order valence-corrected chi connectivity index (χ1v) is 7.77. The maximum Gasteiger partial charge on any atom is 0.322 e. The number of aliphatic carboxylic acids is 1. The Bertz CT molecular complexity index is 545. The number of carboxylic acids is 1. The van der Waals surface area contributed by atoms with E-state index in [9.17, 15) is 13.2 Å². The summed E-state index contributed by atoms with van der Waals surface area (Å²) >= 11 is 1.37. The maximum atomic E-state index is 12.1. The van der Waals surface area contributed by atoms with Gasteiger partial charge < -0.3 is 5.11 Å². The number of hydrogen-bond donors (Lipinski definition) is 2. The molecule has 0 amide bonds. The lowest BCUT2D eigenvalue weighted by atomic mass is 10.1. The van der Waals surface area contributed by atoms with E-state index >= 15 is 0 Å². The highest BCUT2D eigenvalue weighted by Gasteiger charge is 2.29. The minimum absolute atomic E-state index is 0.164. The van der Waals surface area contributed by atoms with Gasteiger partial charge in [-0.25, -0.2) is 8.42 Å². The third-order valence-corrected chi connectivity index (χ3v) is 5.16. The first-order chi connectivity index (χ1) is 8.15. The van der Waals surface area contributed by atoms with Gasteiger partial charge in [0.2, 0.25) is 10.0 Å². The van der Waals surface area contributed by atoms with Crippen LogP contribution in [0.2, 0.25) is 0 Å². The highest BCUT2D eigenvalue weighted by Crippen LogP contribution is 2.25. The predicted molar refractivity (Wildman–Crippen MR) is 70.4 cm³/mol. The van der Waals surface area contributed by atoms with Crippen LogP contribution in [0.25, 0.3) is 0 Å².